The van der Waals surface area contributed by atoms with Crippen molar-refractivity contribution < 1.29 is 4.79 Å². The van der Waals surface area contributed by atoms with Gasteiger partial charge in [-0.15, -0.1) is 11.8 Å². The van der Waals surface area contributed by atoms with Gasteiger partial charge >= 0.3 is 0 Å². The molecule has 3 rings (SSSR count). The van der Waals surface area contributed by atoms with Crippen molar-refractivity contribution in [2.75, 3.05) is 6.54 Å². The average molecular weight is 325 g/mol. The lowest BCUT2D eigenvalue weighted by atomic mass is 10.00. The van der Waals surface area contributed by atoms with Gasteiger partial charge in [-0.25, -0.2) is 0 Å². The maximum absolute atomic E-state index is 12.8. The number of nitrogens with zero attached hydrogens (tertiary/aromatic N) is 1. The van der Waals surface area contributed by atoms with Crippen molar-refractivity contribution in [2.24, 2.45) is 0 Å². The first-order valence-electron chi connectivity index (χ1n) is 8.14. The fraction of sp³-hybridized carbons (Fsp3) is 0.350. The number of carbonyl (C=O) groups is 1. The van der Waals surface area contributed by atoms with Crippen LogP contribution in [-0.2, 0) is 17.8 Å². The van der Waals surface area contributed by atoms with Gasteiger partial charge < -0.3 is 4.90 Å². The second-order valence-corrected chi connectivity index (χ2v) is 7.69. The molecule has 0 aliphatic carbocycles. The molecule has 120 valence electrons. The van der Waals surface area contributed by atoms with E-state index in [2.05, 4.69) is 56.3 Å². The highest BCUT2D eigenvalue weighted by atomic mass is 32.2. The molecule has 1 aliphatic rings. The van der Waals surface area contributed by atoms with Crippen molar-refractivity contribution in [1.82, 2.24) is 4.90 Å². The minimum absolute atomic E-state index is 0.0540. The second-order valence-electron chi connectivity index (χ2n) is 6.31. The second kappa shape index (κ2) is 6.79. The molecule has 1 atom stereocenters. The van der Waals surface area contributed by atoms with E-state index in [-0.39, 0.29) is 11.2 Å². The third kappa shape index (κ3) is 3.61. The van der Waals surface area contributed by atoms with Crippen LogP contribution in [0.1, 0.15) is 29.2 Å². The Balaban J connectivity index is 1.68. The molecule has 1 unspecified atom stereocenters. The first-order chi connectivity index (χ1) is 11.0. The summed E-state index contributed by atoms with van der Waals surface area (Å²) in [5, 5.41) is -0.0540. The van der Waals surface area contributed by atoms with Crippen LogP contribution < -0.4 is 0 Å². The molecule has 0 radical (unpaired) electrons. The molecule has 0 bridgehead atoms. The van der Waals surface area contributed by atoms with E-state index in [1.165, 1.54) is 27.1 Å². The van der Waals surface area contributed by atoms with Gasteiger partial charge in [0.1, 0.15) is 0 Å². The number of benzene rings is 2. The molecular formula is C20H23NOS. The zero-order valence-corrected chi connectivity index (χ0v) is 14.8. The predicted octanol–water partition coefficient (Wildman–Crippen LogP) is 4.37. The lowest BCUT2D eigenvalue weighted by molar-refractivity contribution is -0.131. The van der Waals surface area contributed by atoms with E-state index in [4.69, 9.17) is 0 Å². The Bertz CT molecular complexity index is 725. The van der Waals surface area contributed by atoms with E-state index < -0.39 is 0 Å². The molecule has 23 heavy (non-hydrogen) atoms. The molecule has 1 heterocycles. The third-order valence-corrected chi connectivity index (χ3v) is 5.69. The van der Waals surface area contributed by atoms with E-state index in [0.29, 0.717) is 0 Å². The molecule has 1 aliphatic heterocycles. The summed E-state index contributed by atoms with van der Waals surface area (Å²) in [6, 6.07) is 14.9. The summed E-state index contributed by atoms with van der Waals surface area (Å²) in [6.07, 6.45) is 0.961. The zero-order valence-electron chi connectivity index (χ0n) is 14.0. The topological polar surface area (TPSA) is 20.3 Å². The van der Waals surface area contributed by atoms with Crippen LogP contribution in [0.25, 0.3) is 0 Å². The lowest BCUT2D eigenvalue weighted by Crippen LogP contribution is -2.40. The third-order valence-electron chi connectivity index (χ3n) is 4.42. The first-order valence-corrected chi connectivity index (χ1v) is 9.02. The number of carbonyl (C=O) groups excluding carboxylic acids is 1. The van der Waals surface area contributed by atoms with Crippen LogP contribution in [0.15, 0.2) is 47.4 Å². The molecule has 2 nitrogen and oxygen atoms in total. The minimum atomic E-state index is -0.0540. The van der Waals surface area contributed by atoms with Gasteiger partial charge in [0, 0.05) is 18.0 Å². The van der Waals surface area contributed by atoms with Crippen LogP contribution in [-0.4, -0.2) is 22.6 Å². The van der Waals surface area contributed by atoms with Crippen molar-refractivity contribution in [3.63, 3.8) is 0 Å². The van der Waals surface area contributed by atoms with Crippen LogP contribution in [0.3, 0.4) is 0 Å². The molecule has 1 amide bonds. The molecule has 3 heteroatoms. The monoisotopic (exact) mass is 325 g/mol. The van der Waals surface area contributed by atoms with Gasteiger partial charge in [-0.3, -0.25) is 4.79 Å². The van der Waals surface area contributed by atoms with Gasteiger partial charge in [0.2, 0.25) is 5.91 Å². The van der Waals surface area contributed by atoms with E-state index >= 15 is 0 Å². The van der Waals surface area contributed by atoms with Crippen molar-refractivity contribution in [2.45, 2.75) is 43.9 Å². The molecule has 0 fully saturated rings. The van der Waals surface area contributed by atoms with Gasteiger partial charge in [-0.2, -0.15) is 0 Å². The maximum Gasteiger partial charge on any atom is 0.236 e. The minimum Gasteiger partial charge on any atom is -0.337 e. The number of hydrogen-bond acceptors (Lipinski definition) is 2. The molecule has 0 saturated heterocycles. The summed E-state index contributed by atoms with van der Waals surface area (Å²) in [7, 11) is 0. The van der Waals surface area contributed by atoms with Gasteiger partial charge in [0.05, 0.1) is 5.25 Å². The van der Waals surface area contributed by atoms with Gasteiger partial charge in [0.25, 0.3) is 0 Å². The van der Waals surface area contributed by atoms with Crippen LogP contribution in [0.4, 0.5) is 0 Å². The number of rotatable bonds is 3. The molecule has 2 aromatic carbocycles. The van der Waals surface area contributed by atoms with Crippen molar-refractivity contribution in [3.8, 4) is 0 Å². The molecule has 2 aromatic rings. The highest BCUT2D eigenvalue weighted by molar-refractivity contribution is 8.00. The highest BCUT2D eigenvalue weighted by Crippen LogP contribution is 2.29. The van der Waals surface area contributed by atoms with Crippen molar-refractivity contribution >= 4 is 17.7 Å². The quantitative estimate of drug-likeness (QED) is 0.781. The van der Waals surface area contributed by atoms with Crippen LogP contribution in [0.2, 0.25) is 0 Å². The average Bonchev–Trinajstić information content (AvgIpc) is 2.56. The van der Waals surface area contributed by atoms with E-state index in [9.17, 15) is 4.79 Å². The summed E-state index contributed by atoms with van der Waals surface area (Å²) in [6.45, 7) is 7.80. The standard InChI is InChI=1S/C20H23NOS/c1-14-8-9-19(15(2)12-14)23-16(3)20(22)21-11-10-17-6-4-5-7-18(17)13-21/h4-9,12,16H,10-11,13H2,1-3H3. The van der Waals surface area contributed by atoms with Crippen molar-refractivity contribution in [3.05, 3.63) is 64.7 Å². The Morgan fingerprint density at radius 3 is 2.61 bits per heavy atom. The van der Waals surface area contributed by atoms with E-state index in [0.717, 1.165) is 19.5 Å². The number of amides is 1. The molecule has 0 saturated carbocycles. The van der Waals surface area contributed by atoms with Gasteiger partial charge in [0.15, 0.2) is 0 Å². The molecule has 0 aromatic heterocycles. The summed E-state index contributed by atoms with van der Waals surface area (Å²) in [5.74, 6) is 0.240. The highest BCUT2D eigenvalue weighted by Gasteiger charge is 2.25. The van der Waals surface area contributed by atoms with Gasteiger partial charge in [-0.05, 0) is 49.9 Å². The fourth-order valence-corrected chi connectivity index (χ4v) is 4.14. The lowest BCUT2D eigenvalue weighted by Gasteiger charge is -2.31. The molecular weight excluding hydrogens is 302 g/mol. The zero-order chi connectivity index (χ0) is 16.4. The maximum atomic E-state index is 12.8. The fourth-order valence-electron chi connectivity index (χ4n) is 3.11. The van der Waals surface area contributed by atoms with E-state index in [1.54, 1.807) is 11.8 Å². The Labute approximate surface area is 142 Å². The number of hydrogen-bond donors (Lipinski definition) is 0. The summed E-state index contributed by atoms with van der Waals surface area (Å²) in [5.41, 5.74) is 5.18. The summed E-state index contributed by atoms with van der Waals surface area (Å²) in [4.78, 5) is 16.0. The Hall–Kier alpha value is -1.74. The largest absolute Gasteiger partial charge is 0.337 e. The SMILES string of the molecule is Cc1ccc(SC(C)C(=O)N2CCc3ccccc3C2)c(C)c1. The van der Waals surface area contributed by atoms with Gasteiger partial charge in [-0.1, -0.05) is 42.0 Å². The van der Waals surface area contributed by atoms with Crippen LogP contribution in [0, 0.1) is 13.8 Å². The first kappa shape index (κ1) is 16.1. The summed E-state index contributed by atoms with van der Waals surface area (Å²) >= 11 is 1.67. The number of thioether (sulfide) groups is 1. The smallest absolute Gasteiger partial charge is 0.236 e. The molecule has 0 spiro atoms. The van der Waals surface area contributed by atoms with Crippen LogP contribution in [0.5, 0.6) is 0 Å². The van der Waals surface area contributed by atoms with Crippen LogP contribution >= 0.6 is 11.8 Å². The normalized spacial score (nSPS) is 15.2. The summed E-state index contributed by atoms with van der Waals surface area (Å²) < 4.78 is 0. The Morgan fingerprint density at radius 2 is 1.87 bits per heavy atom. The van der Waals surface area contributed by atoms with E-state index in [1.807, 2.05) is 11.8 Å². The Morgan fingerprint density at radius 1 is 1.13 bits per heavy atom. The Kier molecular flexibility index (Phi) is 4.76. The molecule has 0 N–H and O–H groups in total. The van der Waals surface area contributed by atoms with Crippen molar-refractivity contribution in [1.29, 1.82) is 0 Å². The number of aryl methyl sites for hydroxylation is 2. The predicted molar refractivity (Wildman–Crippen MR) is 96.8 cm³/mol. The number of fused-ring (bicyclic) bond motifs is 1.